The average Bonchev–Trinajstić information content (AvgIpc) is 2.13. The molecule has 0 radical (unpaired) electrons. The third-order valence-electron chi connectivity index (χ3n) is 2.23. The van der Waals surface area contributed by atoms with Crippen LogP contribution in [0.4, 0.5) is 0 Å². The van der Waals surface area contributed by atoms with Gasteiger partial charge >= 0.3 is 0 Å². The van der Waals surface area contributed by atoms with Crippen molar-refractivity contribution < 1.29 is 30.4 Å². The maximum atomic E-state index is 9.21. The molecule has 13 heavy (non-hydrogen) atoms. The fraction of sp³-hybridized carbons (Fsp3) is 1.00. The minimum absolute atomic E-state index is 1.31. The Morgan fingerprint density at radius 1 is 0.692 bits per heavy atom. The summed E-state index contributed by atoms with van der Waals surface area (Å²) in [5.74, 6) is 4.73. The van der Waals surface area contributed by atoms with Crippen molar-refractivity contribution in [2.45, 2.75) is 36.6 Å². The number of hydrogen-bond donors (Lipinski definition) is 6. The molecule has 0 unspecified atom stereocenters. The Morgan fingerprint density at radius 3 is 1.31 bits per heavy atom. The minimum atomic E-state index is -1.61. The Balaban J connectivity index is 2.79. The highest BCUT2D eigenvalue weighted by atomic mass is 16.6. The van der Waals surface area contributed by atoms with Crippen LogP contribution in [0.5, 0.6) is 0 Å². The van der Waals surface area contributed by atoms with E-state index in [1.165, 1.54) is 0 Å². The van der Waals surface area contributed by atoms with Crippen LogP contribution in [-0.2, 0) is 4.84 Å². The molecule has 0 heterocycles. The third kappa shape index (κ3) is 1.67. The van der Waals surface area contributed by atoms with Crippen molar-refractivity contribution in [2.24, 2.45) is 5.90 Å². The molecule has 0 aromatic heterocycles. The van der Waals surface area contributed by atoms with Gasteiger partial charge in [0.2, 0.25) is 0 Å². The summed E-state index contributed by atoms with van der Waals surface area (Å²) >= 11 is 0. The van der Waals surface area contributed by atoms with Gasteiger partial charge in [0.15, 0.2) is 0 Å². The van der Waals surface area contributed by atoms with Gasteiger partial charge in [0, 0.05) is 0 Å². The zero-order valence-electron chi connectivity index (χ0n) is 6.69. The van der Waals surface area contributed by atoms with Gasteiger partial charge in [-0.15, -0.1) is 0 Å². The van der Waals surface area contributed by atoms with Crippen molar-refractivity contribution in [3.05, 3.63) is 0 Å². The summed E-state index contributed by atoms with van der Waals surface area (Å²) in [6, 6.07) is 0. The summed E-state index contributed by atoms with van der Waals surface area (Å²) in [4.78, 5) is 4.17. The quantitative estimate of drug-likeness (QED) is 0.235. The third-order valence-corrected chi connectivity index (χ3v) is 2.23. The van der Waals surface area contributed by atoms with Gasteiger partial charge in [-0.2, -0.15) is 0 Å². The van der Waals surface area contributed by atoms with Gasteiger partial charge in [0.05, 0.1) is 0 Å². The number of rotatable bonds is 1. The van der Waals surface area contributed by atoms with Gasteiger partial charge < -0.3 is 25.5 Å². The van der Waals surface area contributed by atoms with E-state index in [0.717, 1.165) is 0 Å². The van der Waals surface area contributed by atoms with Crippen LogP contribution in [0, 0.1) is 0 Å². The van der Waals surface area contributed by atoms with E-state index in [1.54, 1.807) is 0 Å². The zero-order valence-corrected chi connectivity index (χ0v) is 6.69. The van der Waals surface area contributed by atoms with E-state index >= 15 is 0 Å². The molecule has 1 aliphatic rings. The fourth-order valence-electron chi connectivity index (χ4n) is 1.36. The molecule has 7 nitrogen and oxygen atoms in total. The molecule has 7 N–H and O–H groups in total. The van der Waals surface area contributed by atoms with E-state index in [4.69, 9.17) is 21.2 Å². The van der Waals surface area contributed by atoms with E-state index in [1.807, 2.05) is 0 Å². The summed E-state index contributed by atoms with van der Waals surface area (Å²) < 4.78 is 0. The Bertz CT molecular complexity index is 163. The largest absolute Gasteiger partial charge is 0.387 e. The lowest BCUT2D eigenvalue weighted by molar-refractivity contribution is -0.236. The van der Waals surface area contributed by atoms with Crippen molar-refractivity contribution in [2.75, 3.05) is 0 Å². The van der Waals surface area contributed by atoms with Crippen LogP contribution in [0.25, 0.3) is 0 Å². The van der Waals surface area contributed by atoms with Crippen LogP contribution in [0.1, 0.15) is 0 Å². The summed E-state index contributed by atoms with van der Waals surface area (Å²) in [7, 11) is 0. The molecule has 0 aliphatic heterocycles. The predicted molar refractivity (Wildman–Crippen MR) is 39.1 cm³/mol. The molecule has 1 saturated carbocycles. The molecule has 7 heteroatoms. The van der Waals surface area contributed by atoms with Gasteiger partial charge in [0.25, 0.3) is 0 Å². The van der Waals surface area contributed by atoms with Crippen LogP contribution < -0.4 is 5.90 Å². The smallest absolute Gasteiger partial charge is 0.136 e. The monoisotopic (exact) mass is 195 g/mol. The average molecular weight is 195 g/mol. The van der Waals surface area contributed by atoms with E-state index in [0.29, 0.717) is 0 Å². The van der Waals surface area contributed by atoms with Crippen molar-refractivity contribution in [1.29, 1.82) is 0 Å². The van der Waals surface area contributed by atoms with Crippen LogP contribution in [-0.4, -0.2) is 62.2 Å². The Hall–Kier alpha value is -0.280. The molecule has 1 aliphatic carbocycles. The molecule has 0 bridgehead atoms. The van der Waals surface area contributed by atoms with Gasteiger partial charge in [0.1, 0.15) is 36.6 Å². The summed E-state index contributed by atoms with van der Waals surface area (Å²) in [6.07, 6.45) is -9.17. The predicted octanol–water partition coefficient (Wildman–Crippen LogP) is -3.94. The van der Waals surface area contributed by atoms with E-state index < -0.39 is 36.6 Å². The molecular weight excluding hydrogens is 182 g/mol. The summed E-state index contributed by atoms with van der Waals surface area (Å²) in [5, 5.41) is 45.8. The Morgan fingerprint density at radius 2 is 1.00 bits per heavy atom. The Kier molecular flexibility index (Phi) is 3.19. The maximum absolute atomic E-state index is 9.21. The topological polar surface area (TPSA) is 136 Å². The first-order valence-corrected chi connectivity index (χ1v) is 3.76. The van der Waals surface area contributed by atoms with Crippen molar-refractivity contribution in [1.82, 2.24) is 0 Å². The van der Waals surface area contributed by atoms with Crippen molar-refractivity contribution >= 4 is 0 Å². The van der Waals surface area contributed by atoms with Crippen LogP contribution >= 0.6 is 0 Å². The molecule has 1 rings (SSSR count). The fourth-order valence-corrected chi connectivity index (χ4v) is 1.36. The normalized spacial score (nSPS) is 52.2. The zero-order chi connectivity index (χ0) is 10.2. The van der Waals surface area contributed by atoms with Gasteiger partial charge in [-0.05, 0) is 0 Å². The maximum Gasteiger partial charge on any atom is 0.136 e. The second-order valence-corrected chi connectivity index (χ2v) is 3.05. The lowest BCUT2D eigenvalue weighted by Crippen LogP contribution is -2.64. The highest BCUT2D eigenvalue weighted by molar-refractivity contribution is 4.98. The summed E-state index contributed by atoms with van der Waals surface area (Å²) in [6.45, 7) is 0. The number of nitrogens with two attached hydrogens (primary N) is 1. The molecule has 0 saturated heterocycles. The first-order chi connectivity index (χ1) is 6.00. The van der Waals surface area contributed by atoms with E-state index in [9.17, 15) is 10.2 Å². The van der Waals surface area contributed by atoms with Gasteiger partial charge in [-0.25, -0.2) is 5.90 Å². The SMILES string of the molecule is NO[C@H]1[C@H](O)[C@@H](O)[C@H](O)[C@@H](O)[C@@H]1O. The van der Waals surface area contributed by atoms with E-state index in [2.05, 4.69) is 4.84 Å². The number of aliphatic hydroxyl groups excluding tert-OH is 5. The lowest BCUT2D eigenvalue weighted by Gasteiger charge is -2.40. The standard InChI is InChI=1S/C6H13NO6/c7-13-6-4(11)2(9)1(8)3(10)5(6)12/h1-6,8-12H,7H2/t1-,2-,3+,4+,5-,6-. The van der Waals surface area contributed by atoms with Crippen LogP contribution in [0.2, 0.25) is 0 Å². The van der Waals surface area contributed by atoms with E-state index in [-0.39, 0.29) is 0 Å². The minimum Gasteiger partial charge on any atom is -0.387 e. The second-order valence-electron chi connectivity index (χ2n) is 3.05. The van der Waals surface area contributed by atoms with Crippen LogP contribution in [0.15, 0.2) is 0 Å². The van der Waals surface area contributed by atoms with Crippen LogP contribution in [0.3, 0.4) is 0 Å². The highest BCUT2D eigenvalue weighted by Crippen LogP contribution is 2.22. The molecule has 0 aromatic rings. The second kappa shape index (κ2) is 3.84. The number of hydrogen-bond acceptors (Lipinski definition) is 7. The van der Waals surface area contributed by atoms with Crippen molar-refractivity contribution in [3.8, 4) is 0 Å². The molecule has 0 amide bonds. The first-order valence-electron chi connectivity index (χ1n) is 3.76. The molecule has 78 valence electrons. The van der Waals surface area contributed by atoms with Gasteiger partial charge in [-0.1, -0.05) is 0 Å². The highest BCUT2D eigenvalue weighted by Gasteiger charge is 2.48. The number of aliphatic hydroxyl groups is 5. The molecular formula is C6H13NO6. The molecule has 0 aromatic carbocycles. The first kappa shape index (κ1) is 10.8. The van der Waals surface area contributed by atoms with Crippen molar-refractivity contribution in [3.63, 3.8) is 0 Å². The summed E-state index contributed by atoms with van der Waals surface area (Å²) in [5.41, 5.74) is 0. The molecule has 6 atom stereocenters. The molecule has 0 spiro atoms. The molecule has 1 fully saturated rings. The van der Waals surface area contributed by atoms with Gasteiger partial charge in [-0.3, -0.25) is 4.84 Å². The Labute approximate surface area is 73.9 Å². The lowest BCUT2D eigenvalue weighted by atomic mass is 9.85.